The largest absolute Gasteiger partial charge is 0.338 e. The van der Waals surface area contributed by atoms with E-state index >= 15 is 0 Å². The van der Waals surface area contributed by atoms with Crippen molar-refractivity contribution in [3.63, 3.8) is 0 Å². The van der Waals surface area contributed by atoms with E-state index in [2.05, 4.69) is 16.3 Å². The predicted molar refractivity (Wildman–Crippen MR) is 103 cm³/mol. The summed E-state index contributed by atoms with van der Waals surface area (Å²) in [5, 5.41) is 2.98. The smallest absolute Gasteiger partial charge is 0.317 e. The quantitative estimate of drug-likeness (QED) is 0.788. The summed E-state index contributed by atoms with van der Waals surface area (Å²) < 4.78 is 12.9. The first-order valence-electron chi connectivity index (χ1n) is 9.88. The van der Waals surface area contributed by atoms with Crippen LogP contribution < -0.4 is 5.32 Å². The standard InChI is InChI=1S/C21H30FN3O/c22-20-8-6-19(7-9-20)10-12-23-21(26)25-16-14-24(15-17-25)13-11-18-4-2-1-3-5-18/h4,6-9H,1-3,5,10-17H2,(H,23,26). The van der Waals surface area contributed by atoms with Gasteiger partial charge in [0.1, 0.15) is 5.82 Å². The van der Waals surface area contributed by atoms with Crippen LogP contribution >= 0.6 is 0 Å². The number of halogens is 1. The van der Waals surface area contributed by atoms with Gasteiger partial charge in [-0.25, -0.2) is 9.18 Å². The summed E-state index contributed by atoms with van der Waals surface area (Å²) >= 11 is 0. The van der Waals surface area contributed by atoms with Crippen molar-refractivity contribution >= 4 is 6.03 Å². The molecule has 4 nitrogen and oxygen atoms in total. The van der Waals surface area contributed by atoms with Crippen molar-refractivity contribution in [3.8, 4) is 0 Å². The number of amides is 2. The lowest BCUT2D eigenvalue weighted by molar-refractivity contribution is 0.140. The predicted octanol–water partition coefficient (Wildman–Crippen LogP) is 3.59. The number of hydrogen-bond acceptors (Lipinski definition) is 2. The van der Waals surface area contributed by atoms with Crippen LogP contribution in [0.25, 0.3) is 0 Å². The second-order valence-corrected chi connectivity index (χ2v) is 7.30. The Morgan fingerprint density at radius 2 is 1.81 bits per heavy atom. The molecule has 2 aliphatic rings. The first kappa shape index (κ1) is 18.9. The number of allylic oxidation sites excluding steroid dienone is 1. The van der Waals surface area contributed by atoms with Crippen molar-refractivity contribution in [3.05, 3.63) is 47.3 Å². The fourth-order valence-electron chi connectivity index (χ4n) is 3.68. The average Bonchev–Trinajstić information content (AvgIpc) is 2.69. The molecule has 0 atom stereocenters. The lowest BCUT2D eigenvalue weighted by atomic mass is 9.97. The highest BCUT2D eigenvalue weighted by Crippen LogP contribution is 2.20. The van der Waals surface area contributed by atoms with Crippen LogP contribution in [0.2, 0.25) is 0 Å². The molecule has 1 aliphatic carbocycles. The van der Waals surface area contributed by atoms with Crippen molar-refractivity contribution < 1.29 is 9.18 Å². The summed E-state index contributed by atoms with van der Waals surface area (Å²) in [6.07, 6.45) is 9.55. The van der Waals surface area contributed by atoms with E-state index in [-0.39, 0.29) is 11.8 Å². The van der Waals surface area contributed by atoms with E-state index in [4.69, 9.17) is 0 Å². The maximum Gasteiger partial charge on any atom is 0.317 e. The van der Waals surface area contributed by atoms with E-state index in [1.165, 1.54) is 44.2 Å². The first-order chi connectivity index (χ1) is 12.7. The molecule has 3 rings (SSSR count). The number of hydrogen-bond donors (Lipinski definition) is 1. The number of carbonyl (C=O) groups excluding carboxylic acids is 1. The summed E-state index contributed by atoms with van der Waals surface area (Å²) in [5.41, 5.74) is 2.66. The summed E-state index contributed by atoms with van der Waals surface area (Å²) in [6.45, 7) is 5.20. The van der Waals surface area contributed by atoms with Crippen LogP contribution in [0.15, 0.2) is 35.9 Å². The summed E-state index contributed by atoms with van der Waals surface area (Å²) in [7, 11) is 0. The number of piperazine rings is 1. The van der Waals surface area contributed by atoms with Crippen LogP contribution in [0.5, 0.6) is 0 Å². The Labute approximate surface area is 156 Å². The minimum Gasteiger partial charge on any atom is -0.338 e. The highest BCUT2D eigenvalue weighted by molar-refractivity contribution is 5.74. The molecule has 0 spiro atoms. The Bertz CT molecular complexity index is 606. The maximum absolute atomic E-state index is 12.9. The van der Waals surface area contributed by atoms with Crippen molar-refractivity contribution in [1.29, 1.82) is 0 Å². The van der Waals surface area contributed by atoms with E-state index in [9.17, 15) is 9.18 Å². The van der Waals surface area contributed by atoms with Crippen molar-refractivity contribution in [1.82, 2.24) is 15.1 Å². The molecular weight excluding hydrogens is 329 g/mol. The highest BCUT2D eigenvalue weighted by Gasteiger charge is 2.20. The molecule has 1 aromatic rings. The molecule has 0 radical (unpaired) electrons. The fraction of sp³-hybridized carbons (Fsp3) is 0.571. The van der Waals surface area contributed by atoms with E-state index in [0.29, 0.717) is 6.54 Å². The third-order valence-corrected chi connectivity index (χ3v) is 5.40. The van der Waals surface area contributed by atoms with E-state index < -0.39 is 0 Å². The second-order valence-electron chi connectivity index (χ2n) is 7.30. The van der Waals surface area contributed by atoms with E-state index in [1.54, 1.807) is 17.7 Å². The molecule has 5 heteroatoms. The van der Waals surface area contributed by atoms with Gasteiger partial charge in [-0.15, -0.1) is 0 Å². The molecule has 1 heterocycles. The first-order valence-corrected chi connectivity index (χ1v) is 9.88. The van der Waals surface area contributed by atoms with Gasteiger partial charge in [-0.05, 0) is 56.2 Å². The van der Waals surface area contributed by atoms with Crippen LogP contribution in [0.3, 0.4) is 0 Å². The molecule has 0 aromatic heterocycles. The number of carbonyl (C=O) groups is 1. The number of nitrogens with zero attached hydrogens (tertiary/aromatic N) is 2. The van der Waals surface area contributed by atoms with Gasteiger partial charge < -0.3 is 10.2 Å². The van der Waals surface area contributed by atoms with Crippen LogP contribution in [0.4, 0.5) is 9.18 Å². The number of urea groups is 1. The SMILES string of the molecule is O=C(NCCc1ccc(F)cc1)N1CCN(CCC2=CCCCC2)CC1. The molecule has 1 saturated heterocycles. The Hall–Kier alpha value is -1.88. The van der Waals surface area contributed by atoms with Gasteiger partial charge in [0.15, 0.2) is 0 Å². The molecule has 1 fully saturated rings. The molecule has 2 amide bonds. The van der Waals surface area contributed by atoms with Gasteiger partial charge in [-0.1, -0.05) is 23.8 Å². The van der Waals surface area contributed by atoms with Gasteiger partial charge >= 0.3 is 6.03 Å². The lowest BCUT2D eigenvalue weighted by Gasteiger charge is -2.35. The third kappa shape index (κ3) is 5.84. The summed E-state index contributed by atoms with van der Waals surface area (Å²) in [6, 6.07) is 6.46. The van der Waals surface area contributed by atoms with Crippen LogP contribution in [0.1, 0.15) is 37.7 Å². The average molecular weight is 359 g/mol. The zero-order valence-electron chi connectivity index (χ0n) is 15.6. The zero-order valence-corrected chi connectivity index (χ0v) is 15.6. The summed E-state index contributed by atoms with van der Waals surface area (Å²) in [4.78, 5) is 16.7. The topological polar surface area (TPSA) is 35.6 Å². The van der Waals surface area contributed by atoms with Gasteiger partial charge in [-0.2, -0.15) is 0 Å². The normalized spacial score (nSPS) is 18.5. The Balaban J connectivity index is 1.31. The van der Waals surface area contributed by atoms with Crippen molar-refractivity contribution in [2.24, 2.45) is 0 Å². The minimum atomic E-state index is -0.226. The van der Waals surface area contributed by atoms with Gasteiger partial charge in [0.25, 0.3) is 0 Å². The molecule has 1 N–H and O–H groups in total. The monoisotopic (exact) mass is 359 g/mol. The van der Waals surface area contributed by atoms with E-state index in [1.807, 2.05) is 4.90 Å². The van der Waals surface area contributed by atoms with Gasteiger partial charge in [0.2, 0.25) is 0 Å². The molecule has 0 unspecified atom stereocenters. The molecule has 142 valence electrons. The molecule has 1 aromatic carbocycles. The van der Waals surface area contributed by atoms with Crippen LogP contribution in [-0.2, 0) is 6.42 Å². The Morgan fingerprint density at radius 1 is 1.04 bits per heavy atom. The van der Waals surface area contributed by atoms with Gasteiger partial charge in [-0.3, -0.25) is 4.90 Å². The zero-order chi connectivity index (χ0) is 18.2. The van der Waals surface area contributed by atoms with Crippen LogP contribution in [-0.4, -0.2) is 55.1 Å². The number of benzene rings is 1. The van der Waals surface area contributed by atoms with Gasteiger partial charge in [0.05, 0.1) is 0 Å². The molecule has 26 heavy (non-hydrogen) atoms. The van der Waals surface area contributed by atoms with E-state index in [0.717, 1.165) is 44.7 Å². The Morgan fingerprint density at radius 3 is 2.50 bits per heavy atom. The second kappa shape index (κ2) is 9.72. The van der Waals surface area contributed by atoms with Gasteiger partial charge in [0, 0.05) is 39.3 Å². The maximum atomic E-state index is 12.9. The molecular formula is C21H30FN3O. The molecule has 0 bridgehead atoms. The molecule has 1 aliphatic heterocycles. The minimum absolute atomic E-state index is 0.0155. The number of nitrogens with one attached hydrogen (secondary N) is 1. The fourth-order valence-corrected chi connectivity index (χ4v) is 3.68. The highest BCUT2D eigenvalue weighted by atomic mass is 19.1. The van der Waals surface area contributed by atoms with Crippen molar-refractivity contribution in [2.75, 3.05) is 39.3 Å². The number of rotatable bonds is 6. The summed E-state index contributed by atoms with van der Waals surface area (Å²) in [5.74, 6) is -0.226. The van der Waals surface area contributed by atoms with Crippen molar-refractivity contribution in [2.45, 2.75) is 38.5 Å². The Kier molecular flexibility index (Phi) is 7.06. The third-order valence-electron chi connectivity index (χ3n) is 5.40. The molecule has 0 saturated carbocycles. The lowest BCUT2D eigenvalue weighted by Crippen LogP contribution is -2.52. The van der Waals surface area contributed by atoms with Crippen LogP contribution in [0, 0.1) is 5.82 Å².